The van der Waals surface area contributed by atoms with Gasteiger partial charge in [-0.05, 0) is 37.5 Å². The number of nitrogens with zero attached hydrogens (tertiary/aromatic N) is 4. The van der Waals surface area contributed by atoms with Crippen LogP contribution in [0.25, 0.3) is 11.3 Å². The molecule has 4 heterocycles. The van der Waals surface area contributed by atoms with E-state index in [1.807, 2.05) is 6.07 Å². The number of amides is 2. The Bertz CT molecular complexity index is 1220. The fraction of sp³-hybridized carbons (Fsp3) is 0.400. The summed E-state index contributed by atoms with van der Waals surface area (Å²) in [5.74, 6) is -0.379. The Balaban J connectivity index is 1.14. The highest BCUT2D eigenvalue weighted by Gasteiger charge is 2.32. The Labute approximate surface area is 207 Å². The van der Waals surface area contributed by atoms with Gasteiger partial charge in [0.2, 0.25) is 5.91 Å². The fourth-order valence-corrected chi connectivity index (χ4v) is 4.09. The highest BCUT2D eigenvalue weighted by molar-refractivity contribution is 5.96. The number of carbonyl (C=O) groups excluding carboxylic acids is 2. The summed E-state index contributed by atoms with van der Waals surface area (Å²) < 4.78 is 26.4. The molecule has 3 aromatic heterocycles. The number of pyridine rings is 2. The van der Waals surface area contributed by atoms with Crippen molar-refractivity contribution in [1.29, 1.82) is 0 Å². The minimum Gasteiger partial charge on any atom is -0.491 e. The van der Waals surface area contributed by atoms with Gasteiger partial charge in [0.25, 0.3) is 5.91 Å². The third-order valence-electron chi connectivity index (χ3n) is 6.37. The lowest BCUT2D eigenvalue weighted by molar-refractivity contribution is -0.133. The molecule has 5 rings (SSSR count). The number of hydrogen-bond donors (Lipinski definition) is 2. The molecule has 2 fully saturated rings. The number of carbonyl (C=O) groups is 2. The lowest BCUT2D eigenvalue weighted by atomic mass is 9.95. The van der Waals surface area contributed by atoms with Crippen molar-refractivity contribution in [3.8, 4) is 22.8 Å². The summed E-state index contributed by atoms with van der Waals surface area (Å²) in [5, 5.41) is 6.55. The normalized spacial score (nSPS) is 19.6. The van der Waals surface area contributed by atoms with Crippen LogP contribution >= 0.6 is 0 Å². The van der Waals surface area contributed by atoms with E-state index in [4.69, 9.17) is 15.2 Å². The molecule has 1 saturated carbocycles. The van der Waals surface area contributed by atoms with Crippen LogP contribution in [0.3, 0.4) is 0 Å². The molecule has 2 unspecified atom stereocenters. The maximum absolute atomic E-state index is 15.0. The molecule has 2 amide bonds. The van der Waals surface area contributed by atoms with Crippen molar-refractivity contribution in [3.63, 3.8) is 0 Å². The molecule has 0 spiro atoms. The van der Waals surface area contributed by atoms with Crippen LogP contribution in [-0.2, 0) is 11.2 Å². The number of rotatable bonds is 9. The molecule has 2 aliphatic rings. The molecule has 1 saturated heterocycles. The van der Waals surface area contributed by atoms with Gasteiger partial charge in [-0.15, -0.1) is 0 Å². The summed E-state index contributed by atoms with van der Waals surface area (Å²) in [7, 11) is 0. The highest BCUT2D eigenvalue weighted by atomic mass is 19.1. The summed E-state index contributed by atoms with van der Waals surface area (Å²) >= 11 is 0. The molecule has 3 aromatic rings. The Morgan fingerprint density at radius 1 is 1.17 bits per heavy atom. The van der Waals surface area contributed by atoms with Gasteiger partial charge < -0.3 is 20.1 Å². The van der Waals surface area contributed by atoms with Crippen LogP contribution in [-0.4, -0.2) is 68.9 Å². The Kier molecular flexibility index (Phi) is 6.79. The summed E-state index contributed by atoms with van der Waals surface area (Å²) in [5.41, 5.74) is 7.51. The van der Waals surface area contributed by atoms with E-state index in [-0.39, 0.29) is 42.9 Å². The molecular formula is C25H27FN6O4. The van der Waals surface area contributed by atoms with Gasteiger partial charge in [0.15, 0.2) is 0 Å². The number of hydrogen-bond acceptors (Lipinski definition) is 7. The van der Waals surface area contributed by atoms with Gasteiger partial charge in [0, 0.05) is 29.9 Å². The van der Waals surface area contributed by atoms with Crippen LogP contribution in [0.2, 0.25) is 0 Å². The molecule has 0 aromatic carbocycles. The number of nitrogens with one attached hydrogen (secondary N) is 1. The molecule has 0 bridgehead atoms. The van der Waals surface area contributed by atoms with Crippen molar-refractivity contribution in [3.05, 3.63) is 54.2 Å². The third kappa shape index (κ3) is 5.61. The van der Waals surface area contributed by atoms with Crippen molar-refractivity contribution in [1.82, 2.24) is 25.1 Å². The van der Waals surface area contributed by atoms with E-state index in [0.29, 0.717) is 35.7 Å². The molecule has 0 radical (unpaired) electrons. The molecule has 10 nitrogen and oxygen atoms in total. The van der Waals surface area contributed by atoms with Crippen LogP contribution in [0, 0.1) is 5.92 Å². The number of piperidine rings is 1. The monoisotopic (exact) mass is 494 g/mol. The summed E-state index contributed by atoms with van der Waals surface area (Å²) in [6.45, 7) is 0.437. The molecule has 1 aliphatic heterocycles. The van der Waals surface area contributed by atoms with Crippen LogP contribution in [0.1, 0.15) is 35.3 Å². The molecule has 1 aliphatic carbocycles. The van der Waals surface area contributed by atoms with E-state index in [1.165, 1.54) is 17.2 Å². The second-order valence-electron chi connectivity index (χ2n) is 9.11. The predicted molar refractivity (Wildman–Crippen MR) is 127 cm³/mol. The molecule has 36 heavy (non-hydrogen) atoms. The van der Waals surface area contributed by atoms with Gasteiger partial charge in [0.1, 0.15) is 17.7 Å². The molecular weight excluding hydrogens is 467 g/mol. The maximum Gasteiger partial charge on any atom is 0.252 e. The largest absolute Gasteiger partial charge is 0.491 e. The van der Waals surface area contributed by atoms with Gasteiger partial charge in [-0.1, -0.05) is 0 Å². The van der Waals surface area contributed by atoms with E-state index in [0.717, 1.165) is 12.8 Å². The highest BCUT2D eigenvalue weighted by Crippen LogP contribution is 2.28. The smallest absolute Gasteiger partial charge is 0.252 e. The Morgan fingerprint density at radius 2 is 2.03 bits per heavy atom. The number of aromatic nitrogens is 4. The first-order valence-corrected chi connectivity index (χ1v) is 11.9. The minimum absolute atomic E-state index is 0.0178. The van der Waals surface area contributed by atoms with Gasteiger partial charge in [-0.3, -0.25) is 24.7 Å². The second kappa shape index (κ2) is 10.3. The first-order valence-electron chi connectivity index (χ1n) is 11.9. The van der Waals surface area contributed by atoms with Crippen molar-refractivity contribution < 1.29 is 23.5 Å². The van der Waals surface area contributed by atoms with Gasteiger partial charge in [-0.2, -0.15) is 5.10 Å². The fourth-order valence-electron chi connectivity index (χ4n) is 4.09. The molecule has 2 atom stereocenters. The zero-order valence-corrected chi connectivity index (χ0v) is 19.6. The van der Waals surface area contributed by atoms with Crippen LogP contribution in [0.5, 0.6) is 11.5 Å². The molecule has 11 heteroatoms. The van der Waals surface area contributed by atoms with Gasteiger partial charge >= 0.3 is 0 Å². The van der Waals surface area contributed by atoms with Crippen molar-refractivity contribution in [2.24, 2.45) is 11.7 Å². The summed E-state index contributed by atoms with van der Waals surface area (Å²) in [4.78, 5) is 34.8. The van der Waals surface area contributed by atoms with Crippen molar-refractivity contribution >= 4 is 11.8 Å². The SMILES string of the molecule is NC(=O)c1cc(-c2cn[nH]c2)ncc1OCC1CCN(C(=O)Cc2ccc(OC3CC3)cn2)CC1F. The molecule has 3 N–H and O–H groups in total. The number of nitrogens with two attached hydrogens (primary N) is 1. The Hall–Kier alpha value is -4.02. The lowest BCUT2D eigenvalue weighted by Gasteiger charge is -2.34. The van der Waals surface area contributed by atoms with Crippen LogP contribution in [0.15, 0.2) is 43.0 Å². The number of ether oxygens (including phenoxy) is 2. The second-order valence-corrected chi connectivity index (χ2v) is 9.11. The van der Waals surface area contributed by atoms with E-state index < -0.39 is 18.0 Å². The Morgan fingerprint density at radius 3 is 2.69 bits per heavy atom. The van der Waals surface area contributed by atoms with E-state index in [2.05, 4.69) is 20.2 Å². The van der Waals surface area contributed by atoms with Gasteiger partial charge in [-0.25, -0.2) is 4.39 Å². The maximum atomic E-state index is 15.0. The molecule has 188 valence electrons. The number of aromatic amines is 1. The van der Waals surface area contributed by atoms with Crippen molar-refractivity contribution in [2.45, 2.75) is 38.0 Å². The van der Waals surface area contributed by atoms with Crippen LogP contribution < -0.4 is 15.2 Å². The number of primary amides is 1. The predicted octanol–water partition coefficient (Wildman–Crippen LogP) is 2.31. The van der Waals surface area contributed by atoms with E-state index in [1.54, 1.807) is 24.7 Å². The lowest BCUT2D eigenvalue weighted by Crippen LogP contribution is -2.47. The topological polar surface area (TPSA) is 136 Å². The zero-order valence-electron chi connectivity index (χ0n) is 19.6. The van der Waals surface area contributed by atoms with E-state index in [9.17, 15) is 14.0 Å². The quantitative estimate of drug-likeness (QED) is 0.466. The minimum atomic E-state index is -1.26. The van der Waals surface area contributed by atoms with E-state index >= 15 is 0 Å². The number of H-pyrrole nitrogens is 1. The standard InChI is InChI=1S/C25H27FN6O4/c26-21-13-32(24(33)7-17-1-2-19(11-28-17)36-18-3-4-18)6-5-15(21)14-35-23-12-29-22(8-20(23)25(27)34)16-9-30-31-10-16/h1-2,8-12,15,18,21H,3-7,13-14H2,(H2,27,34)(H,30,31). The number of alkyl halides is 1. The van der Waals surface area contributed by atoms with Gasteiger partial charge in [0.05, 0.1) is 55.5 Å². The summed E-state index contributed by atoms with van der Waals surface area (Å²) in [6, 6.07) is 5.10. The zero-order chi connectivity index (χ0) is 25.1. The first-order chi connectivity index (χ1) is 17.5. The van der Waals surface area contributed by atoms with Crippen molar-refractivity contribution in [2.75, 3.05) is 19.7 Å². The summed E-state index contributed by atoms with van der Waals surface area (Å²) in [6.07, 6.45) is 7.93. The first kappa shape index (κ1) is 23.7. The third-order valence-corrected chi connectivity index (χ3v) is 6.37. The number of halogens is 1. The van der Waals surface area contributed by atoms with Crippen LogP contribution in [0.4, 0.5) is 4.39 Å². The number of likely N-dealkylation sites (tertiary alicyclic amines) is 1. The average molecular weight is 495 g/mol. The average Bonchev–Trinajstić information content (AvgIpc) is 3.52.